The van der Waals surface area contributed by atoms with Gasteiger partial charge in [-0.3, -0.25) is 4.55 Å². The van der Waals surface area contributed by atoms with E-state index in [4.69, 9.17) is 0 Å². The lowest BCUT2D eigenvalue weighted by atomic mass is 10.0. The number of unbranched alkanes of at least 4 members (excludes halogenated alkanes) is 10. The second kappa shape index (κ2) is 13.0. The smallest absolute Gasteiger partial charge is 0.294 e. The molecule has 0 bridgehead atoms. The molecular formula is C27H40N2O3S. The summed E-state index contributed by atoms with van der Waals surface area (Å²) in [5.74, 6) is 0. The van der Waals surface area contributed by atoms with E-state index in [1.165, 1.54) is 75.8 Å². The minimum Gasteiger partial charge on any atom is -0.363 e. The van der Waals surface area contributed by atoms with E-state index in [1.54, 1.807) is 12.1 Å². The third-order valence-electron chi connectivity index (χ3n) is 6.55. The highest BCUT2D eigenvalue weighted by Gasteiger charge is 2.29. The van der Waals surface area contributed by atoms with Crippen LogP contribution in [0.3, 0.4) is 0 Å². The highest BCUT2D eigenvalue weighted by molar-refractivity contribution is 7.85. The molecule has 1 heterocycles. The fourth-order valence-electron chi connectivity index (χ4n) is 4.66. The summed E-state index contributed by atoms with van der Waals surface area (Å²) in [6.07, 6.45) is 15.6. The molecule has 33 heavy (non-hydrogen) atoms. The predicted molar refractivity (Wildman–Crippen MR) is 137 cm³/mol. The van der Waals surface area contributed by atoms with Gasteiger partial charge in [-0.25, -0.2) is 0 Å². The molecule has 0 saturated heterocycles. The highest BCUT2D eigenvalue weighted by atomic mass is 32.2. The molecule has 1 atom stereocenters. The van der Waals surface area contributed by atoms with E-state index in [0.29, 0.717) is 6.54 Å². The van der Waals surface area contributed by atoms with E-state index in [-0.39, 0.29) is 11.1 Å². The average Bonchev–Trinajstić information content (AvgIpc) is 3.14. The quantitative estimate of drug-likeness (QED) is 0.209. The van der Waals surface area contributed by atoms with E-state index in [1.807, 2.05) is 18.2 Å². The van der Waals surface area contributed by atoms with Crippen molar-refractivity contribution in [1.29, 1.82) is 0 Å². The fourth-order valence-corrected chi connectivity index (χ4v) is 5.16. The van der Waals surface area contributed by atoms with Gasteiger partial charge in [-0.1, -0.05) is 101 Å². The summed E-state index contributed by atoms with van der Waals surface area (Å²) in [5, 5.41) is 3.57. The summed E-state index contributed by atoms with van der Waals surface area (Å²) in [6.45, 7) is 2.95. The third-order valence-corrected chi connectivity index (χ3v) is 7.40. The van der Waals surface area contributed by atoms with Gasteiger partial charge >= 0.3 is 0 Å². The predicted octanol–water partition coefficient (Wildman–Crippen LogP) is 7.39. The van der Waals surface area contributed by atoms with Crippen LogP contribution in [0.2, 0.25) is 0 Å². The Morgan fingerprint density at radius 2 is 1.45 bits per heavy atom. The van der Waals surface area contributed by atoms with Crippen molar-refractivity contribution in [3.05, 3.63) is 54.1 Å². The molecule has 1 aliphatic heterocycles. The zero-order valence-corrected chi connectivity index (χ0v) is 20.8. The number of anilines is 2. The Hall–Kier alpha value is -2.05. The van der Waals surface area contributed by atoms with Crippen molar-refractivity contribution in [3.8, 4) is 0 Å². The van der Waals surface area contributed by atoms with E-state index < -0.39 is 10.1 Å². The molecule has 6 heteroatoms. The maximum atomic E-state index is 11.7. The van der Waals surface area contributed by atoms with Crippen molar-refractivity contribution in [3.63, 3.8) is 0 Å². The Labute approximate surface area is 200 Å². The second-order valence-electron chi connectivity index (χ2n) is 9.25. The van der Waals surface area contributed by atoms with Gasteiger partial charge in [0.1, 0.15) is 0 Å². The molecule has 0 radical (unpaired) electrons. The Morgan fingerprint density at radius 3 is 2.06 bits per heavy atom. The third kappa shape index (κ3) is 8.04. The van der Waals surface area contributed by atoms with Crippen LogP contribution in [0.15, 0.2) is 53.4 Å². The van der Waals surface area contributed by atoms with Crippen LogP contribution < -0.4 is 10.2 Å². The molecule has 5 nitrogen and oxygen atoms in total. The molecule has 1 aliphatic rings. The van der Waals surface area contributed by atoms with Crippen LogP contribution in [0.4, 0.5) is 11.4 Å². The van der Waals surface area contributed by atoms with Gasteiger partial charge in [0.2, 0.25) is 0 Å². The van der Waals surface area contributed by atoms with Gasteiger partial charge in [0.25, 0.3) is 10.1 Å². The van der Waals surface area contributed by atoms with E-state index in [2.05, 4.69) is 29.3 Å². The van der Waals surface area contributed by atoms with Gasteiger partial charge in [0, 0.05) is 6.54 Å². The van der Waals surface area contributed by atoms with Crippen molar-refractivity contribution in [1.82, 2.24) is 0 Å². The van der Waals surface area contributed by atoms with Crippen LogP contribution in [-0.4, -0.2) is 19.1 Å². The summed E-state index contributed by atoms with van der Waals surface area (Å²) in [4.78, 5) is 2.17. The minimum atomic E-state index is -4.23. The number of fused-ring (bicyclic) bond motifs is 1. The first-order valence-corrected chi connectivity index (χ1v) is 14.1. The lowest BCUT2D eigenvalue weighted by Gasteiger charge is -2.27. The van der Waals surface area contributed by atoms with Crippen LogP contribution in [0.25, 0.3) is 0 Å². The lowest BCUT2D eigenvalue weighted by Crippen LogP contribution is -2.35. The average molecular weight is 473 g/mol. The first-order valence-electron chi connectivity index (χ1n) is 12.7. The first kappa shape index (κ1) is 25.6. The van der Waals surface area contributed by atoms with Crippen LogP contribution >= 0.6 is 0 Å². The van der Waals surface area contributed by atoms with Gasteiger partial charge in [0.15, 0.2) is 0 Å². The summed E-state index contributed by atoms with van der Waals surface area (Å²) < 4.78 is 32.9. The molecule has 0 aliphatic carbocycles. The molecule has 2 aromatic rings. The van der Waals surface area contributed by atoms with Crippen LogP contribution in [0.5, 0.6) is 0 Å². The van der Waals surface area contributed by atoms with Gasteiger partial charge in [-0.2, -0.15) is 8.42 Å². The maximum Gasteiger partial charge on any atom is 0.294 e. The largest absolute Gasteiger partial charge is 0.363 e. The molecule has 3 rings (SSSR count). The van der Waals surface area contributed by atoms with Gasteiger partial charge < -0.3 is 10.2 Å². The molecule has 2 aromatic carbocycles. The number of hydrogen-bond donors (Lipinski definition) is 2. The van der Waals surface area contributed by atoms with Crippen molar-refractivity contribution >= 4 is 21.5 Å². The Morgan fingerprint density at radius 1 is 0.848 bits per heavy atom. The Balaban J connectivity index is 1.50. The van der Waals surface area contributed by atoms with Crippen LogP contribution in [-0.2, 0) is 16.7 Å². The van der Waals surface area contributed by atoms with E-state index in [0.717, 1.165) is 24.2 Å². The number of hydrogen-bond acceptors (Lipinski definition) is 4. The topological polar surface area (TPSA) is 69.6 Å². The van der Waals surface area contributed by atoms with Crippen molar-refractivity contribution in [2.45, 2.75) is 102 Å². The molecule has 0 aromatic heterocycles. The molecule has 182 valence electrons. The number of benzene rings is 2. The molecule has 1 unspecified atom stereocenters. The first-order chi connectivity index (χ1) is 16.0. The Bertz CT molecular complexity index is 947. The zero-order chi connectivity index (χ0) is 23.5. The van der Waals surface area contributed by atoms with Crippen LogP contribution in [0.1, 0.15) is 89.5 Å². The SMILES string of the molecule is CCCCCCCCCCCCCC1Nc2ccc(S(=O)(=O)O)cc2N1Cc1ccccc1. The normalized spacial score (nSPS) is 15.5. The molecule has 0 saturated carbocycles. The van der Waals surface area contributed by atoms with Gasteiger partial charge in [-0.05, 0) is 36.6 Å². The monoisotopic (exact) mass is 472 g/mol. The fraction of sp³-hybridized carbons (Fsp3) is 0.556. The van der Waals surface area contributed by atoms with Gasteiger partial charge in [-0.15, -0.1) is 0 Å². The van der Waals surface area contributed by atoms with E-state index >= 15 is 0 Å². The highest BCUT2D eigenvalue weighted by Crippen LogP contribution is 2.38. The standard InChI is InChI=1S/C27H40N2O3S/c1-2-3-4-5-6-7-8-9-10-11-15-18-27-28-25-20-19-24(33(30,31)32)21-26(25)29(27)22-23-16-13-12-14-17-23/h12-14,16-17,19-21,27-28H,2-11,15,18,22H2,1H3,(H,30,31,32). The molecule has 0 fully saturated rings. The lowest BCUT2D eigenvalue weighted by molar-refractivity contribution is 0.483. The molecule has 0 spiro atoms. The number of nitrogens with zero attached hydrogens (tertiary/aromatic N) is 1. The molecule has 2 N–H and O–H groups in total. The maximum absolute atomic E-state index is 11.7. The molecular weight excluding hydrogens is 432 g/mol. The minimum absolute atomic E-state index is 0.0588. The van der Waals surface area contributed by atoms with Crippen molar-refractivity contribution in [2.75, 3.05) is 10.2 Å². The summed E-state index contributed by atoms with van der Waals surface area (Å²) in [6, 6.07) is 15.0. The summed E-state index contributed by atoms with van der Waals surface area (Å²) in [5.41, 5.74) is 2.93. The van der Waals surface area contributed by atoms with Crippen molar-refractivity contribution < 1.29 is 13.0 Å². The Kier molecular flexibility index (Phi) is 10.1. The van der Waals surface area contributed by atoms with E-state index in [9.17, 15) is 13.0 Å². The number of nitrogens with one attached hydrogen (secondary N) is 1. The molecule has 0 amide bonds. The summed E-state index contributed by atoms with van der Waals surface area (Å²) in [7, 11) is -4.23. The van der Waals surface area contributed by atoms with Crippen LogP contribution in [0, 0.1) is 0 Å². The van der Waals surface area contributed by atoms with Crippen molar-refractivity contribution in [2.24, 2.45) is 0 Å². The number of rotatable bonds is 15. The zero-order valence-electron chi connectivity index (χ0n) is 20.0. The summed E-state index contributed by atoms with van der Waals surface area (Å²) >= 11 is 0. The van der Waals surface area contributed by atoms with Gasteiger partial charge in [0.05, 0.1) is 22.4 Å². The second-order valence-corrected chi connectivity index (χ2v) is 10.7.